The zero-order valence-electron chi connectivity index (χ0n) is 10.8. The molecule has 104 valence electrons. The summed E-state index contributed by atoms with van der Waals surface area (Å²) in [6.07, 6.45) is 2.00. The highest BCUT2D eigenvalue weighted by Crippen LogP contribution is 2.36. The number of aromatic nitrogens is 4. The summed E-state index contributed by atoms with van der Waals surface area (Å²) in [4.78, 5) is 10.1. The van der Waals surface area contributed by atoms with Gasteiger partial charge in [0.2, 0.25) is 5.95 Å². The molecule has 3 rings (SSSR count). The van der Waals surface area contributed by atoms with E-state index in [1.54, 1.807) is 46.2 Å². The highest BCUT2D eigenvalue weighted by Gasteiger charge is 2.13. The Balaban J connectivity index is 1.98. The fourth-order valence-corrected chi connectivity index (χ4v) is 4.83. The Bertz CT molecular complexity index is 723. The smallest absolute Gasteiger partial charge is 0.225 e. The van der Waals surface area contributed by atoms with Crippen molar-refractivity contribution in [2.75, 3.05) is 18.1 Å². The molecule has 0 aromatic carbocycles. The maximum atomic E-state index is 4.57. The predicted molar refractivity (Wildman–Crippen MR) is 87.4 cm³/mol. The van der Waals surface area contributed by atoms with Gasteiger partial charge in [0, 0.05) is 11.9 Å². The Morgan fingerprint density at radius 1 is 1.25 bits per heavy atom. The molecule has 0 radical (unpaired) electrons. The zero-order chi connectivity index (χ0) is 13.9. The average Bonchev–Trinajstić information content (AvgIpc) is 3.07. The van der Waals surface area contributed by atoms with Gasteiger partial charge in [-0.1, -0.05) is 23.1 Å². The quantitative estimate of drug-likeness (QED) is 0.558. The predicted octanol–water partition coefficient (Wildman–Crippen LogP) is 3.85. The molecule has 9 heteroatoms. The molecule has 0 saturated heterocycles. The number of fused-ring (bicyclic) bond motifs is 1. The van der Waals surface area contributed by atoms with Gasteiger partial charge in [-0.2, -0.15) is 0 Å². The number of rotatable bonds is 5. The van der Waals surface area contributed by atoms with Crippen molar-refractivity contribution in [3.05, 3.63) is 11.4 Å². The standard InChI is InChI=1S/C11H11N5S4/c1-3-12-9-13-7-6(4-5-18-7)8(14-9)19-11-16-15-10(17-2)20-11/h4-5H,3H2,1-2H3,(H,12,13,14). The summed E-state index contributed by atoms with van der Waals surface area (Å²) in [5, 5.41) is 15.5. The van der Waals surface area contributed by atoms with Crippen molar-refractivity contribution in [1.29, 1.82) is 0 Å². The van der Waals surface area contributed by atoms with Gasteiger partial charge in [0.05, 0.1) is 0 Å². The summed E-state index contributed by atoms with van der Waals surface area (Å²) in [6.45, 7) is 2.83. The number of hydrogen-bond acceptors (Lipinski definition) is 9. The third-order valence-corrected chi connectivity index (χ3v) is 6.13. The van der Waals surface area contributed by atoms with E-state index in [1.807, 2.05) is 18.6 Å². The van der Waals surface area contributed by atoms with Crippen LogP contribution in [0.1, 0.15) is 6.92 Å². The normalized spacial score (nSPS) is 11.1. The number of thioether (sulfide) groups is 1. The molecule has 0 aliphatic rings. The molecule has 0 atom stereocenters. The lowest BCUT2D eigenvalue weighted by molar-refractivity contribution is 0.953. The molecule has 0 spiro atoms. The van der Waals surface area contributed by atoms with Gasteiger partial charge in [-0.15, -0.1) is 21.5 Å². The molecule has 0 amide bonds. The van der Waals surface area contributed by atoms with Gasteiger partial charge in [0.15, 0.2) is 8.68 Å². The van der Waals surface area contributed by atoms with Crippen molar-refractivity contribution >= 4 is 62.4 Å². The Labute approximate surface area is 132 Å². The average molecular weight is 342 g/mol. The van der Waals surface area contributed by atoms with Gasteiger partial charge in [0.25, 0.3) is 0 Å². The molecule has 0 aliphatic heterocycles. The third kappa shape index (κ3) is 2.90. The molecule has 0 unspecified atom stereocenters. The monoisotopic (exact) mass is 341 g/mol. The second-order valence-corrected chi connectivity index (χ2v) is 7.82. The van der Waals surface area contributed by atoms with Crippen LogP contribution in [-0.2, 0) is 0 Å². The molecule has 0 aliphatic carbocycles. The molecule has 5 nitrogen and oxygen atoms in total. The molecule has 3 aromatic heterocycles. The molecule has 3 aromatic rings. The minimum absolute atomic E-state index is 0.666. The zero-order valence-corrected chi connectivity index (χ0v) is 14.0. The van der Waals surface area contributed by atoms with Crippen LogP contribution in [0.25, 0.3) is 10.2 Å². The molecular weight excluding hydrogens is 330 g/mol. The first kappa shape index (κ1) is 14.1. The van der Waals surface area contributed by atoms with Crippen LogP contribution in [0.4, 0.5) is 5.95 Å². The topological polar surface area (TPSA) is 63.6 Å². The van der Waals surface area contributed by atoms with E-state index in [-0.39, 0.29) is 0 Å². The minimum Gasteiger partial charge on any atom is -0.354 e. The summed E-state index contributed by atoms with van der Waals surface area (Å²) in [7, 11) is 0. The van der Waals surface area contributed by atoms with Crippen molar-refractivity contribution in [3.63, 3.8) is 0 Å². The van der Waals surface area contributed by atoms with Gasteiger partial charge in [-0.3, -0.25) is 0 Å². The van der Waals surface area contributed by atoms with E-state index in [2.05, 4.69) is 31.5 Å². The molecule has 3 heterocycles. The summed E-state index contributed by atoms with van der Waals surface area (Å²) in [6, 6.07) is 2.05. The van der Waals surface area contributed by atoms with Crippen LogP contribution in [0.3, 0.4) is 0 Å². The van der Waals surface area contributed by atoms with Crippen LogP contribution in [0.2, 0.25) is 0 Å². The first-order valence-corrected chi connectivity index (χ1v) is 9.58. The number of nitrogens with one attached hydrogen (secondary N) is 1. The maximum Gasteiger partial charge on any atom is 0.225 e. The number of nitrogens with zero attached hydrogens (tertiary/aromatic N) is 4. The Morgan fingerprint density at radius 2 is 2.10 bits per heavy atom. The Kier molecular flexibility index (Phi) is 4.39. The molecule has 0 bridgehead atoms. The summed E-state index contributed by atoms with van der Waals surface area (Å²) in [5.74, 6) is 0.666. The van der Waals surface area contributed by atoms with E-state index >= 15 is 0 Å². The second kappa shape index (κ2) is 6.25. The van der Waals surface area contributed by atoms with Gasteiger partial charge < -0.3 is 5.32 Å². The first-order valence-electron chi connectivity index (χ1n) is 5.84. The number of anilines is 1. The summed E-state index contributed by atoms with van der Waals surface area (Å²) < 4.78 is 1.87. The van der Waals surface area contributed by atoms with Gasteiger partial charge >= 0.3 is 0 Å². The van der Waals surface area contributed by atoms with E-state index in [0.717, 1.165) is 30.5 Å². The minimum atomic E-state index is 0.666. The van der Waals surface area contributed by atoms with E-state index in [1.165, 1.54) is 0 Å². The SMILES string of the molecule is CCNc1nc(Sc2nnc(SC)s2)c2ccsc2n1. The highest BCUT2D eigenvalue weighted by atomic mass is 32.2. The van der Waals surface area contributed by atoms with Gasteiger partial charge in [-0.05, 0) is 36.4 Å². The lowest BCUT2D eigenvalue weighted by atomic mass is 10.4. The van der Waals surface area contributed by atoms with Crippen molar-refractivity contribution < 1.29 is 0 Å². The fourth-order valence-electron chi connectivity index (χ4n) is 1.55. The molecule has 0 saturated carbocycles. The van der Waals surface area contributed by atoms with Crippen LogP contribution >= 0.6 is 46.2 Å². The van der Waals surface area contributed by atoms with E-state index in [0.29, 0.717) is 5.95 Å². The number of thiophene rings is 1. The van der Waals surface area contributed by atoms with Crippen LogP contribution in [0, 0.1) is 0 Å². The van der Waals surface area contributed by atoms with Crippen LogP contribution in [0.5, 0.6) is 0 Å². The molecule has 20 heavy (non-hydrogen) atoms. The van der Waals surface area contributed by atoms with Crippen LogP contribution in [0.15, 0.2) is 25.2 Å². The first-order chi connectivity index (χ1) is 9.80. The molecular formula is C11H11N5S4. The van der Waals surface area contributed by atoms with Crippen molar-refractivity contribution in [2.24, 2.45) is 0 Å². The Hall–Kier alpha value is -0.900. The third-order valence-electron chi connectivity index (χ3n) is 2.37. The summed E-state index contributed by atoms with van der Waals surface area (Å²) in [5.41, 5.74) is 0. The van der Waals surface area contributed by atoms with E-state index < -0.39 is 0 Å². The maximum absolute atomic E-state index is 4.57. The highest BCUT2D eigenvalue weighted by molar-refractivity contribution is 8.03. The van der Waals surface area contributed by atoms with Crippen LogP contribution in [-0.4, -0.2) is 33.0 Å². The number of hydrogen-bond donors (Lipinski definition) is 1. The van der Waals surface area contributed by atoms with Gasteiger partial charge in [0.1, 0.15) is 9.86 Å². The van der Waals surface area contributed by atoms with E-state index in [4.69, 9.17) is 0 Å². The largest absolute Gasteiger partial charge is 0.354 e. The van der Waals surface area contributed by atoms with E-state index in [9.17, 15) is 0 Å². The van der Waals surface area contributed by atoms with Crippen molar-refractivity contribution in [2.45, 2.75) is 20.6 Å². The molecule has 1 N–H and O–H groups in total. The lowest BCUT2D eigenvalue weighted by Gasteiger charge is -2.04. The van der Waals surface area contributed by atoms with Gasteiger partial charge in [-0.25, -0.2) is 9.97 Å². The lowest BCUT2D eigenvalue weighted by Crippen LogP contribution is -2.02. The second-order valence-electron chi connectivity index (χ2n) is 3.66. The molecule has 0 fully saturated rings. The Morgan fingerprint density at radius 3 is 2.85 bits per heavy atom. The fraction of sp³-hybridized carbons (Fsp3) is 0.273. The summed E-state index contributed by atoms with van der Waals surface area (Å²) >= 11 is 6.36. The van der Waals surface area contributed by atoms with Crippen molar-refractivity contribution in [3.8, 4) is 0 Å². The van der Waals surface area contributed by atoms with Crippen molar-refractivity contribution in [1.82, 2.24) is 20.2 Å². The van der Waals surface area contributed by atoms with Crippen LogP contribution < -0.4 is 5.32 Å².